The highest BCUT2D eigenvalue weighted by Gasteiger charge is 2.07. The number of rotatable bonds is 1. The molecule has 0 amide bonds. The van der Waals surface area contributed by atoms with E-state index >= 15 is 0 Å². The molecule has 1 aromatic heterocycles. The van der Waals surface area contributed by atoms with Crippen molar-refractivity contribution >= 4 is 5.97 Å². The van der Waals surface area contributed by atoms with Gasteiger partial charge in [-0.05, 0) is 6.07 Å². The van der Waals surface area contributed by atoms with Crippen molar-refractivity contribution in [2.45, 2.75) is 0 Å². The molecule has 0 saturated heterocycles. The summed E-state index contributed by atoms with van der Waals surface area (Å²) in [5, 5.41) is 0. The van der Waals surface area contributed by atoms with Crippen LogP contribution in [0.2, 0.25) is 0 Å². The first-order chi connectivity index (χ1) is 5.24. The summed E-state index contributed by atoms with van der Waals surface area (Å²) in [4.78, 5) is 10.9. The van der Waals surface area contributed by atoms with Crippen LogP contribution in [0.5, 0.6) is 0 Å². The van der Waals surface area contributed by atoms with Crippen molar-refractivity contribution in [1.29, 1.82) is 0 Å². The molecule has 0 saturated carbocycles. The smallest absolute Gasteiger partial charge is 0.343 e. The Hall–Kier alpha value is -1.38. The highest BCUT2D eigenvalue weighted by molar-refractivity contribution is 5.88. The Bertz CT molecular complexity index is 271. The van der Waals surface area contributed by atoms with Crippen molar-refractivity contribution in [2.75, 3.05) is 7.11 Å². The molecule has 1 rings (SSSR count). The van der Waals surface area contributed by atoms with Gasteiger partial charge in [-0.2, -0.15) is 0 Å². The molecule has 0 aromatic carbocycles. The van der Waals surface area contributed by atoms with Gasteiger partial charge in [0, 0.05) is 6.07 Å². The maximum atomic E-state index is 10.9. The second-order valence-electron chi connectivity index (χ2n) is 2.25. The molecule has 0 aliphatic rings. The van der Waals surface area contributed by atoms with E-state index in [2.05, 4.69) is 4.74 Å². The number of aryl methyl sites for hydroxylation is 1. The average molecular weight is 152 g/mol. The minimum absolute atomic E-state index is 0.304. The lowest BCUT2D eigenvalue weighted by Crippen LogP contribution is -2.27. The molecule has 0 atom stereocenters. The Balaban J connectivity index is 2.96. The highest BCUT2D eigenvalue weighted by atomic mass is 16.5. The molecule has 0 unspecified atom stereocenters. The van der Waals surface area contributed by atoms with E-state index in [0.717, 1.165) is 0 Å². The monoisotopic (exact) mass is 152 g/mol. The lowest BCUT2D eigenvalue weighted by atomic mass is 10.3. The fourth-order valence-electron chi connectivity index (χ4n) is 0.827. The van der Waals surface area contributed by atoms with Gasteiger partial charge in [-0.15, -0.1) is 0 Å². The van der Waals surface area contributed by atoms with Crippen molar-refractivity contribution in [3.63, 3.8) is 0 Å². The third-order valence-electron chi connectivity index (χ3n) is 1.36. The summed E-state index contributed by atoms with van der Waals surface area (Å²) in [6.07, 6.45) is 3.57. The second-order valence-corrected chi connectivity index (χ2v) is 2.25. The summed E-state index contributed by atoms with van der Waals surface area (Å²) in [6.45, 7) is 0. The van der Waals surface area contributed by atoms with Crippen molar-refractivity contribution in [3.8, 4) is 0 Å². The molecule has 0 aliphatic carbocycles. The Morgan fingerprint density at radius 3 is 2.91 bits per heavy atom. The number of hydrogen-bond acceptors (Lipinski definition) is 2. The number of ether oxygens (including phenoxy) is 1. The highest BCUT2D eigenvalue weighted by Crippen LogP contribution is 1.95. The SMILES string of the molecule is COC(=O)c1ccc[n+](C)c1. The summed E-state index contributed by atoms with van der Waals surface area (Å²) < 4.78 is 6.34. The van der Waals surface area contributed by atoms with Crippen LogP contribution in [0, 0.1) is 0 Å². The Labute approximate surface area is 65.2 Å². The summed E-state index contributed by atoms with van der Waals surface area (Å²) in [6, 6.07) is 3.51. The normalized spacial score (nSPS) is 9.27. The van der Waals surface area contributed by atoms with E-state index in [1.807, 2.05) is 13.2 Å². The minimum Gasteiger partial charge on any atom is -0.465 e. The summed E-state index contributed by atoms with van der Waals surface area (Å²) in [5.74, 6) is -0.304. The van der Waals surface area contributed by atoms with Crippen molar-refractivity contribution in [2.24, 2.45) is 7.05 Å². The van der Waals surface area contributed by atoms with Gasteiger partial charge in [-0.25, -0.2) is 9.36 Å². The van der Waals surface area contributed by atoms with Gasteiger partial charge in [0.25, 0.3) is 0 Å². The standard InChI is InChI=1S/C8H10NO2/c1-9-5-3-4-7(6-9)8(10)11-2/h3-6H,1-2H3/q+1. The molecule has 1 heterocycles. The van der Waals surface area contributed by atoms with Crippen LogP contribution in [0.1, 0.15) is 10.4 Å². The van der Waals surface area contributed by atoms with E-state index < -0.39 is 0 Å². The number of hydrogen-bond donors (Lipinski definition) is 0. The van der Waals surface area contributed by atoms with E-state index in [9.17, 15) is 4.79 Å². The number of carbonyl (C=O) groups excluding carboxylic acids is 1. The number of carbonyl (C=O) groups is 1. The van der Waals surface area contributed by atoms with E-state index in [-0.39, 0.29) is 5.97 Å². The number of methoxy groups -OCH3 is 1. The molecule has 58 valence electrons. The first kappa shape index (κ1) is 7.72. The van der Waals surface area contributed by atoms with Crippen molar-refractivity contribution < 1.29 is 14.1 Å². The second kappa shape index (κ2) is 3.14. The molecule has 0 bridgehead atoms. The molecular weight excluding hydrogens is 142 g/mol. The molecule has 0 N–H and O–H groups in total. The number of esters is 1. The zero-order chi connectivity index (χ0) is 8.27. The van der Waals surface area contributed by atoms with Crippen molar-refractivity contribution in [3.05, 3.63) is 30.1 Å². The number of aromatic nitrogens is 1. The van der Waals surface area contributed by atoms with Gasteiger partial charge in [0.15, 0.2) is 12.4 Å². The van der Waals surface area contributed by atoms with Gasteiger partial charge in [-0.3, -0.25) is 0 Å². The lowest BCUT2D eigenvalue weighted by Gasteiger charge is -1.94. The van der Waals surface area contributed by atoms with E-state index in [4.69, 9.17) is 0 Å². The predicted molar refractivity (Wildman–Crippen MR) is 39.0 cm³/mol. The molecule has 1 aromatic rings. The fourth-order valence-corrected chi connectivity index (χ4v) is 0.827. The van der Waals surface area contributed by atoms with Gasteiger partial charge in [0.05, 0.1) is 7.11 Å². The molecule has 0 fully saturated rings. The quantitative estimate of drug-likeness (QED) is 0.428. The Morgan fingerprint density at radius 1 is 1.64 bits per heavy atom. The molecular formula is C8H10NO2+. The van der Waals surface area contributed by atoms with Crippen LogP contribution in [0.4, 0.5) is 0 Å². The molecule has 11 heavy (non-hydrogen) atoms. The minimum atomic E-state index is -0.304. The number of pyridine rings is 1. The van der Waals surface area contributed by atoms with Gasteiger partial charge in [-0.1, -0.05) is 0 Å². The van der Waals surface area contributed by atoms with Gasteiger partial charge in [0.1, 0.15) is 12.6 Å². The molecule has 0 aliphatic heterocycles. The largest absolute Gasteiger partial charge is 0.465 e. The fraction of sp³-hybridized carbons (Fsp3) is 0.250. The van der Waals surface area contributed by atoms with Gasteiger partial charge >= 0.3 is 5.97 Å². The summed E-state index contributed by atoms with van der Waals surface area (Å²) >= 11 is 0. The molecule has 0 spiro atoms. The first-order valence-electron chi connectivity index (χ1n) is 3.27. The van der Waals surface area contributed by atoms with Crippen LogP contribution >= 0.6 is 0 Å². The van der Waals surface area contributed by atoms with Crippen LogP contribution in [-0.4, -0.2) is 13.1 Å². The summed E-state index contributed by atoms with van der Waals surface area (Å²) in [5.41, 5.74) is 0.567. The molecule has 0 radical (unpaired) electrons. The first-order valence-corrected chi connectivity index (χ1v) is 3.27. The average Bonchev–Trinajstić information content (AvgIpc) is 2.03. The zero-order valence-corrected chi connectivity index (χ0v) is 6.57. The van der Waals surface area contributed by atoms with E-state index in [1.165, 1.54) is 7.11 Å². The van der Waals surface area contributed by atoms with Crippen LogP contribution < -0.4 is 4.57 Å². The van der Waals surface area contributed by atoms with Crippen LogP contribution in [-0.2, 0) is 11.8 Å². The van der Waals surface area contributed by atoms with Gasteiger partial charge in [0.2, 0.25) is 0 Å². The van der Waals surface area contributed by atoms with Crippen LogP contribution in [0.3, 0.4) is 0 Å². The zero-order valence-electron chi connectivity index (χ0n) is 6.57. The topological polar surface area (TPSA) is 30.2 Å². The molecule has 3 heteroatoms. The Morgan fingerprint density at radius 2 is 2.36 bits per heavy atom. The van der Waals surface area contributed by atoms with Crippen LogP contribution in [0.15, 0.2) is 24.5 Å². The van der Waals surface area contributed by atoms with Gasteiger partial charge < -0.3 is 4.74 Å². The van der Waals surface area contributed by atoms with Crippen molar-refractivity contribution in [1.82, 2.24) is 0 Å². The third kappa shape index (κ3) is 1.77. The maximum absolute atomic E-state index is 10.9. The predicted octanol–water partition coefficient (Wildman–Crippen LogP) is 0.298. The molecule has 3 nitrogen and oxygen atoms in total. The third-order valence-corrected chi connectivity index (χ3v) is 1.36. The van der Waals surface area contributed by atoms with E-state index in [0.29, 0.717) is 5.56 Å². The summed E-state index contributed by atoms with van der Waals surface area (Å²) in [7, 11) is 3.22. The maximum Gasteiger partial charge on any atom is 0.343 e. The lowest BCUT2D eigenvalue weighted by molar-refractivity contribution is -0.671. The van der Waals surface area contributed by atoms with E-state index in [1.54, 1.807) is 22.9 Å². The number of nitrogens with zero attached hydrogens (tertiary/aromatic N) is 1. The Kier molecular flexibility index (Phi) is 2.21. The van der Waals surface area contributed by atoms with Crippen LogP contribution in [0.25, 0.3) is 0 Å².